The Bertz CT molecular complexity index is 1800. The Morgan fingerprint density at radius 1 is 1.18 bits per heavy atom. The Hall–Kier alpha value is -2.81. The number of aromatic nitrogens is 6. The second-order valence-electron chi connectivity index (χ2n) is 12.5. The first kappa shape index (κ1) is 36.0. The van der Waals surface area contributed by atoms with E-state index in [9.17, 15) is 14.5 Å². The van der Waals surface area contributed by atoms with E-state index in [2.05, 4.69) is 24.9 Å². The molecule has 19 nitrogen and oxygen atoms in total. The number of aromatic amines is 1. The van der Waals surface area contributed by atoms with Gasteiger partial charge in [0.15, 0.2) is 36.1 Å². The van der Waals surface area contributed by atoms with Gasteiger partial charge >= 0.3 is 21.3 Å². The SMILES string of the molecule is CC(C)(C)C(=O)OCN1C=Nc2c(ncn2C2CCC(COP(O)(=S)O[C@@H]3C(F)C(COP(O)O)OC3n3cnc4c(=O)[nH]cnc43)O2)C1. The van der Waals surface area contributed by atoms with Crippen molar-refractivity contribution < 1.29 is 51.6 Å². The van der Waals surface area contributed by atoms with Gasteiger partial charge in [0.05, 0.1) is 56.6 Å². The van der Waals surface area contributed by atoms with Crippen molar-refractivity contribution in [2.75, 3.05) is 19.9 Å². The van der Waals surface area contributed by atoms with Crippen LogP contribution in [-0.2, 0) is 50.9 Å². The summed E-state index contributed by atoms with van der Waals surface area (Å²) in [5, 5.41) is 0. The summed E-state index contributed by atoms with van der Waals surface area (Å²) in [7, 11) is -2.81. The number of nitrogens with one attached hydrogen (secondary N) is 1. The minimum absolute atomic E-state index is 0.0356. The van der Waals surface area contributed by atoms with Gasteiger partial charge in [-0.25, -0.2) is 24.3 Å². The van der Waals surface area contributed by atoms with Crippen LogP contribution in [0.1, 0.15) is 51.8 Å². The van der Waals surface area contributed by atoms with Crippen molar-refractivity contribution in [3.8, 4) is 0 Å². The average molecular weight is 749 g/mol. The van der Waals surface area contributed by atoms with Gasteiger partial charge in [-0.3, -0.25) is 23.2 Å². The number of rotatable bonds is 12. The van der Waals surface area contributed by atoms with Gasteiger partial charge in [0.25, 0.3) is 5.56 Å². The summed E-state index contributed by atoms with van der Waals surface area (Å²) in [6.45, 7) is 0.855. The first-order valence-electron chi connectivity index (χ1n) is 15.0. The second kappa shape index (κ2) is 14.4. The van der Waals surface area contributed by atoms with Crippen LogP contribution in [0.4, 0.5) is 10.2 Å². The zero-order valence-corrected chi connectivity index (χ0v) is 29.0. The van der Waals surface area contributed by atoms with E-state index < -0.39 is 69.8 Å². The Balaban J connectivity index is 1.07. The highest BCUT2D eigenvalue weighted by atomic mass is 32.5. The highest BCUT2D eigenvalue weighted by Gasteiger charge is 2.50. The monoisotopic (exact) mass is 748 g/mol. The van der Waals surface area contributed by atoms with E-state index >= 15 is 4.39 Å². The minimum Gasteiger partial charge on any atom is -0.444 e. The molecule has 3 aromatic rings. The first-order chi connectivity index (χ1) is 23.2. The van der Waals surface area contributed by atoms with Gasteiger partial charge in [-0.05, 0) is 45.4 Å². The van der Waals surface area contributed by atoms with Crippen LogP contribution >= 0.6 is 15.3 Å². The van der Waals surface area contributed by atoms with Gasteiger partial charge in [0, 0.05) is 0 Å². The molecule has 6 unspecified atom stereocenters. The minimum atomic E-state index is -4.14. The molecule has 23 heteroatoms. The summed E-state index contributed by atoms with van der Waals surface area (Å²) in [6, 6.07) is 0. The number of imidazole rings is 2. The maximum Gasteiger partial charge on any atom is 0.327 e. The first-order valence-corrected chi connectivity index (χ1v) is 18.8. The van der Waals surface area contributed by atoms with E-state index in [4.69, 9.17) is 49.4 Å². The fraction of sp³-hybridized carbons (Fsp3) is 0.615. The second-order valence-corrected chi connectivity index (χ2v) is 16.0. The maximum absolute atomic E-state index is 15.7. The molecule has 2 saturated heterocycles. The lowest BCUT2D eigenvalue weighted by Crippen LogP contribution is -2.32. The Kier molecular flexibility index (Phi) is 10.6. The smallest absolute Gasteiger partial charge is 0.327 e. The molecule has 0 bridgehead atoms. The molecule has 49 heavy (non-hydrogen) atoms. The van der Waals surface area contributed by atoms with Gasteiger partial charge in [0.2, 0.25) is 0 Å². The molecule has 4 N–H and O–H groups in total. The van der Waals surface area contributed by atoms with Crippen molar-refractivity contribution in [3.05, 3.63) is 35.0 Å². The Morgan fingerprint density at radius 2 is 1.96 bits per heavy atom. The predicted octanol–water partition coefficient (Wildman–Crippen LogP) is 1.80. The summed E-state index contributed by atoms with van der Waals surface area (Å²) in [6.07, 6.45) is -0.631. The zero-order chi connectivity index (χ0) is 35.1. The van der Waals surface area contributed by atoms with E-state index in [0.29, 0.717) is 30.9 Å². The van der Waals surface area contributed by atoms with Gasteiger partial charge < -0.3 is 47.8 Å². The topological polar surface area (TPSA) is 230 Å². The summed E-state index contributed by atoms with van der Waals surface area (Å²) in [4.78, 5) is 74.8. The fourth-order valence-corrected chi connectivity index (χ4v) is 7.10. The van der Waals surface area contributed by atoms with Gasteiger partial charge in [-0.2, -0.15) is 0 Å². The van der Waals surface area contributed by atoms with Crippen LogP contribution in [0.2, 0.25) is 0 Å². The maximum atomic E-state index is 15.7. The summed E-state index contributed by atoms with van der Waals surface area (Å²) in [5.41, 5.74) is -0.501. The Labute approximate surface area is 284 Å². The lowest BCUT2D eigenvalue weighted by Gasteiger charge is -2.26. The van der Waals surface area contributed by atoms with Crippen LogP contribution in [0, 0.1) is 5.41 Å². The van der Waals surface area contributed by atoms with E-state index in [1.54, 1.807) is 42.9 Å². The number of fused-ring (bicyclic) bond motifs is 2. The molecule has 3 aliphatic rings. The molecular weight excluding hydrogens is 713 g/mol. The van der Waals surface area contributed by atoms with E-state index in [1.807, 2.05) is 0 Å². The summed E-state index contributed by atoms with van der Waals surface area (Å²) in [5.74, 6) is 0.267. The van der Waals surface area contributed by atoms with Crippen molar-refractivity contribution in [3.63, 3.8) is 0 Å². The molecule has 0 amide bonds. The molecule has 6 rings (SSSR count). The highest BCUT2D eigenvalue weighted by molar-refractivity contribution is 8.07. The van der Waals surface area contributed by atoms with Crippen molar-refractivity contribution in [2.45, 2.75) is 77.1 Å². The van der Waals surface area contributed by atoms with Crippen molar-refractivity contribution in [1.82, 2.24) is 34.0 Å². The number of esters is 1. The molecule has 3 aliphatic heterocycles. The van der Waals surface area contributed by atoms with Crippen LogP contribution < -0.4 is 5.56 Å². The fourth-order valence-electron chi connectivity index (χ4n) is 5.39. The van der Waals surface area contributed by atoms with Gasteiger partial charge in [0.1, 0.15) is 24.1 Å². The number of carbonyl (C=O) groups excluding carboxylic acids is 1. The van der Waals surface area contributed by atoms with Crippen LogP contribution in [-0.4, -0.2) is 105 Å². The van der Waals surface area contributed by atoms with E-state index in [1.165, 1.54) is 10.9 Å². The van der Waals surface area contributed by atoms with Crippen molar-refractivity contribution in [1.29, 1.82) is 0 Å². The lowest BCUT2D eigenvalue weighted by atomic mass is 9.98. The van der Waals surface area contributed by atoms with Crippen LogP contribution in [0.25, 0.3) is 11.2 Å². The molecule has 0 spiro atoms. The molecule has 0 saturated carbocycles. The van der Waals surface area contributed by atoms with Crippen molar-refractivity contribution in [2.24, 2.45) is 10.4 Å². The number of nitrogens with zero attached hydrogens (tertiary/aromatic N) is 7. The molecular formula is C26H35FN8O11P2S. The molecule has 6 heterocycles. The van der Waals surface area contributed by atoms with E-state index in [-0.39, 0.29) is 30.5 Å². The number of H-pyrrole nitrogens is 1. The summed E-state index contributed by atoms with van der Waals surface area (Å²) < 4.78 is 52.1. The third-order valence-corrected chi connectivity index (χ3v) is 9.78. The normalized spacial score (nSPS) is 26.8. The quantitative estimate of drug-likeness (QED) is 0.153. The Morgan fingerprint density at radius 3 is 2.71 bits per heavy atom. The van der Waals surface area contributed by atoms with Crippen LogP contribution in [0.5, 0.6) is 0 Å². The number of ether oxygens (including phenoxy) is 3. The average Bonchev–Trinajstić information content (AvgIpc) is 3.83. The number of hydrogen-bond donors (Lipinski definition) is 4. The molecule has 7 atom stereocenters. The van der Waals surface area contributed by atoms with E-state index in [0.717, 1.165) is 6.33 Å². The third-order valence-electron chi connectivity index (χ3n) is 7.84. The largest absolute Gasteiger partial charge is 0.444 e. The number of hydrogen-bond acceptors (Lipinski definition) is 16. The predicted molar refractivity (Wildman–Crippen MR) is 171 cm³/mol. The molecule has 0 radical (unpaired) electrons. The van der Waals surface area contributed by atoms with Gasteiger partial charge in [-0.15, -0.1) is 0 Å². The van der Waals surface area contributed by atoms with Crippen LogP contribution in [0.15, 0.2) is 28.8 Å². The molecule has 0 aliphatic carbocycles. The molecule has 268 valence electrons. The lowest BCUT2D eigenvalue weighted by molar-refractivity contribution is -0.156. The van der Waals surface area contributed by atoms with Crippen LogP contribution in [0.3, 0.4) is 0 Å². The molecule has 2 fully saturated rings. The van der Waals surface area contributed by atoms with Crippen molar-refractivity contribution >= 4 is 56.4 Å². The molecule has 3 aromatic heterocycles. The number of aliphatic imine (C=N–C) groups is 1. The number of alkyl halides is 1. The third kappa shape index (κ3) is 8.07. The summed E-state index contributed by atoms with van der Waals surface area (Å²) >= 11 is 5.24. The zero-order valence-electron chi connectivity index (χ0n) is 26.4. The number of halogens is 1. The molecule has 0 aromatic carbocycles. The highest BCUT2D eigenvalue weighted by Crippen LogP contribution is 2.51. The van der Waals surface area contributed by atoms with Gasteiger partial charge in [-0.1, -0.05) is 0 Å². The standard InChI is InChI=1S/C26H35FN8O11P2S/c1-26(2,3)25(37)41-13-33-6-15-21(32-10-33)34(11-30-15)17-5-4-14(44-17)7-43-48(40,49)46-20-18(27)16(8-42-47(38)39)45-24(20)35-12-31-19-22(35)28-9-29-23(19)36/h9-12,14,16-18,20,24,38-39H,4-8,13H2,1-3H3,(H,40,49)(H,28,29,36)/t14?,16?,17?,18?,20-,24?,48?/m1/s1. The number of carbonyl (C=O) groups is 1.